The maximum atomic E-state index is 8.64. The number of hydrogen-bond acceptors (Lipinski definition) is 3. The van der Waals surface area contributed by atoms with Crippen molar-refractivity contribution in [2.24, 2.45) is 0 Å². The smallest absolute Gasteiger partial charge is 0.0558 e. The van der Waals surface area contributed by atoms with E-state index in [0.29, 0.717) is 6.61 Å². The van der Waals surface area contributed by atoms with E-state index < -0.39 is 0 Å². The zero-order valence-electron chi connectivity index (χ0n) is 6.32. The first-order valence-electron chi connectivity index (χ1n) is 3.88. The van der Waals surface area contributed by atoms with Crippen LogP contribution in [0.3, 0.4) is 0 Å². The lowest BCUT2D eigenvalue weighted by Gasteiger charge is -2.61. The Kier molecular flexibility index (Phi) is 1.44. The first kappa shape index (κ1) is 6.58. The van der Waals surface area contributed by atoms with Crippen molar-refractivity contribution in [3.05, 3.63) is 0 Å². The summed E-state index contributed by atoms with van der Waals surface area (Å²) in [5, 5.41) is 8.64. The first-order chi connectivity index (χ1) is 4.83. The van der Waals surface area contributed by atoms with E-state index in [1.54, 1.807) is 0 Å². The minimum absolute atomic E-state index is 0.312. The molecule has 2 heterocycles. The highest BCUT2D eigenvalue weighted by Crippen LogP contribution is 2.30. The van der Waals surface area contributed by atoms with Crippen molar-refractivity contribution in [1.29, 1.82) is 0 Å². The second kappa shape index (κ2) is 2.19. The van der Waals surface area contributed by atoms with Crippen LogP contribution in [0.5, 0.6) is 0 Å². The average molecular weight is 142 g/mol. The molecular weight excluding hydrogens is 128 g/mol. The number of likely N-dealkylation sites (tertiary alicyclic amines) is 2. The fraction of sp³-hybridized carbons (Fsp3) is 1.00. The van der Waals surface area contributed by atoms with Gasteiger partial charge in [-0.05, 0) is 7.05 Å². The molecule has 3 nitrogen and oxygen atoms in total. The van der Waals surface area contributed by atoms with E-state index >= 15 is 0 Å². The number of aliphatic hydroxyl groups is 1. The summed E-state index contributed by atoms with van der Waals surface area (Å²) in [4.78, 5) is 4.73. The Hall–Kier alpha value is -0.120. The van der Waals surface area contributed by atoms with Gasteiger partial charge in [0.2, 0.25) is 0 Å². The molecule has 58 valence electrons. The highest BCUT2D eigenvalue weighted by Gasteiger charge is 2.48. The van der Waals surface area contributed by atoms with Crippen molar-refractivity contribution in [3.8, 4) is 0 Å². The molecule has 1 unspecified atom stereocenters. The van der Waals surface area contributed by atoms with E-state index in [-0.39, 0.29) is 0 Å². The Morgan fingerprint density at radius 3 is 2.60 bits per heavy atom. The van der Waals surface area contributed by atoms with E-state index in [9.17, 15) is 0 Å². The van der Waals surface area contributed by atoms with Gasteiger partial charge < -0.3 is 5.11 Å². The molecule has 10 heavy (non-hydrogen) atoms. The molecule has 3 heteroatoms. The van der Waals surface area contributed by atoms with Crippen molar-refractivity contribution >= 4 is 0 Å². The molecule has 0 aromatic heterocycles. The molecule has 2 saturated heterocycles. The summed E-state index contributed by atoms with van der Waals surface area (Å²) in [6, 6.07) is 1.59. The Bertz CT molecular complexity index is 138. The summed E-state index contributed by atoms with van der Waals surface area (Å²) < 4.78 is 0. The summed E-state index contributed by atoms with van der Waals surface area (Å²) in [6.45, 7) is 3.55. The highest BCUT2D eigenvalue weighted by atomic mass is 16.3. The molecule has 2 fully saturated rings. The fourth-order valence-corrected chi connectivity index (χ4v) is 1.95. The van der Waals surface area contributed by atoms with Crippen LogP contribution >= 0.6 is 0 Å². The summed E-state index contributed by atoms with van der Waals surface area (Å²) >= 11 is 0. The Balaban J connectivity index is 1.78. The van der Waals surface area contributed by atoms with Crippen LogP contribution in [0, 0.1) is 0 Å². The van der Waals surface area contributed by atoms with Crippen LogP contribution in [0.2, 0.25) is 0 Å². The molecule has 2 rings (SSSR count). The molecule has 0 saturated carbocycles. The molecule has 0 amide bonds. The van der Waals surface area contributed by atoms with Crippen LogP contribution in [-0.4, -0.2) is 60.3 Å². The van der Waals surface area contributed by atoms with E-state index in [0.717, 1.165) is 18.6 Å². The van der Waals surface area contributed by atoms with Gasteiger partial charge in [-0.1, -0.05) is 0 Å². The lowest BCUT2D eigenvalue weighted by Crippen LogP contribution is -2.77. The van der Waals surface area contributed by atoms with Crippen LogP contribution in [0.15, 0.2) is 0 Å². The van der Waals surface area contributed by atoms with Crippen molar-refractivity contribution in [2.75, 3.05) is 33.3 Å². The maximum absolute atomic E-state index is 8.64. The lowest BCUT2D eigenvalue weighted by molar-refractivity contribution is -0.114. The van der Waals surface area contributed by atoms with Gasteiger partial charge in [0.25, 0.3) is 0 Å². The summed E-state index contributed by atoms with van der Waals surface area (Å²) in [7, 11) is 2.16. The number of rotatable bonds is 2. The topological polar surface area (TPSA) is 26.7 Å². The average Bonchev–Trinajstić information content (AvgIpc) is 1.92. The molecule has 0 radical (unpaired) electrons. The standard InChI is InChI=1S/C7H14N2O/c1-8-4-7-6(8)5-9(7)2-3-10/h6-7,10H,2-5H2,1H3/t6?,7-/m0/s1. The Morgan fingerprint density at radius 1 is 1.40 bits per heavy atom. The van der Waals surface area contributed by atoms with Gasteiger partial charge in [-0.3, -0.25) is 9.80 Å². The fourth-order valence-electron chi connectivity index (χ4n) is 1.95. The molecule has 0 aromatic carbocycles. The van der Waals surface area contributed by atoms with Gasteiger partial charge in [0.05, 0.1) is 6.61 Å². The largest absolute Gasteiger partial charge is 0.395 e. The van der Waals surface area contributed by atoms with Crippen LogP contribution < -0.4 is 0 Å². The van der Waals surface area contributed by atoms with Gasteiger partial charge in [-0.15, -0.1) is 0 Å². The maximum Gasteiger partial charge on any atom is 0.0558 e. The predicted molar refractivity (Wildman–Crippen MR) is 38.9 cm³/mol. The third-order valence-corrected chi connectivity index (χ3v) is 2.76. The zero-order chi connectivity index (χ0) is 7.14. The Morgan fingerprint density at radius 2 is 2.20 bits per heavy atom. The molecule has 2 atom stereocenters. The number of aliphatic hydroxyl groups excluding tert-OH is 1. The van der Waals surface area contributed by atoms with E-state index in [1.165, 1.54) is 13.1 Å². The highest BCUT2D eigenvalue weighted by molar-refractivity contribution is 5.06. The molecule has 0 bridgehead atoms. The second-order valence-corrected chi connectivity index (χ2v) is 3.29. The third kappa shape index (κ3) is 0.713. The van der Waals surface area contributed by atoms with Crippen molar-refractivity contribution in [1.82, 2.24) is 9.80 Å². The number of likely N-dealkylation sites (N-methyl/N-ethyl adjacent to an activating group) is 1. The first-order valence-corrected chi connectivity index (χ1v) is 3.88. The summed E-state index contributed by atoms with van der Waals surface area (Å²) in [5.41, 5.74) is 0. The number of fused-ring (bicyclic) bond motifs is 1. The SMILES string of the molecule is CN1C[C@H]2C1CN2CCO. The van der Waals surface area contributed by atoms with E-state index in [1.807, 2.05) is 0 Å². The Labute approximate surface area is 61.2 Å². The summed E-state index contributed by atoms with van der Waals surface area (Å²) in [6.07, 6.45) is 0. The van der Waals surface area contributed by atoms with Crippen molar-refractivity contribution in [2.45, 2.75) is 12.1 Å². The molecule has 2 aliphatic rings. The number of β-amino-alcohol motifs (C(OH)–C–C–N with tert-alkyl or cyclic N) is 1. The van der Waals surface area contributed by atoms with Gasteiger partial charge in [0.15, 0.2) is 0 Å². The normalized spacial score (nSPS) is 40.2. The van der Waals surface area contributed by atoms with Gasteiger partial charge in [0.1, 0.15) is 0 Å². The predicted octanol–water partition coefficient (Wildman–Crippen LogP) is -1.02. The molecule has 1 N–H and O–H groups in total. The van der Waals surface area contributed by atoms with Crippen LogP contribution in [-0.2, 0) is 0 Å². The second-order valence-electron chi connectivity index (χ2n) is 3.29. The molecule has 0 aromatic rings. The van der Waals surface area contributed by atoms with Gasteiger partial charge >= 0.3 is 0 Å². The van der Waals surface area contributed by atoms with Gasteiger partial charge in [0, 0.05) is 31.7 Å². The number of piperazine rings is 1. The van der Waals surface area contributed by atoms with E-state index in [4.69, 9.17) is 5.11 Å². The van der Waals surface area contributed by atoms with Crippen molar-refractivity contribution in [3.63, 3.8) is 0 Å². The monoisotopic (exact) mass is 142 g/mol. The molecule has 0 spiro atoms. The lowest BCUT2D eigenvalue weighted by atomic mass is 9.86. The summed E-state index contributed by atoms with van der Waals surface area (Å²) in [5.74, 6) is 0. The quantitative estimate of drug-likeness (QED) is 0.534. The van der Waals surface area contributed by atoms with E-state index in [2.05, 4.69) is 16.8 Å². The molecule has 2 aliphatic heterocycles. The third-order valence-electron chi connectivity index (χ3n) is 2.76. The van der Waals surface area contributed by atoms with Crippen LogP contribution in [0.25, 0.3) is 0 Å². The minimum Gasteiger partial charge on any atom is -0.395 e. The zero-order valence-corrected chi connectivity index (χ0v) is 6.32. The minimum atomic E-state index is 0.312. The molecular formula is C7H14N2O. The van der Waals surface area contributed by atoms with Crippen molar-refractivity contribution < 1.29 is 5.11 Å². The number of hydrogen-bond donors (Lipinski definition) is 1. The van der Waals surface area contributed by atoms with Gasteiger partial charge in [-0.25, -0.2) is 0 Å². The van der Waals surface area contributed by atoms with Crippen LogP contribution in [0.1, 0.15) is 0 Å². The number of nitrogens with zero attached hydrogens (tertiary/aromatic N) is 2. The van der Waals surface area contributed by atoms with Gasteiger partial charge in [-0.2, -0.15) is 0 Å². The molecule has 0 aliphatic carbocycles. The van der Waals surface area contributed by atoms with Crippen LogP contribution in [0.4, 0.5) is 0 Å².